The summed E-state index contributed by atoms with van der Waals surface area (Å²) >= 11 is 0. The van der Waals surface area contributed by atoms with Crippen LogP contribution in [0.4, 0.5) is 4.39 Å². The molecule has 0 amide bonds. The van der Waals surface area contributed by atoms with Crippen LogP contribution >= 0.6 is 0 Å². The minimum Gasteiger partial charge on any atom is -0.508 e. The summed E-state index contributed by atoms with van der Waals surface area (Å²) in [5, 5.41) is 18.6. The summed E-state index contributed by atoms with van der Waals surface area (Å²) in [6, 6.07) is 15.7. The molecular formula is C24H24FNO2. The Hall–Kier alpha value is -2.98. The third kappa shape index (κ3) is 5.27. The van der Waals surface area contributed by atoms with Gasteiger partial charge in [0.1, 0.15) is 11.6 Å². The molecule has 3 aromatic rings. The fraction of sp³-hybridized carbons (Fsp3) is 0.208. The largest absolute Gasteiger partial charge is 0.508 e. The number of aromatic nitrogens is 1. The number of allylic oxidation sites excluding steroid dienone is 1. The zero-order valence-electron chi connectivity index (χ0n) is 15.8. The molecule has 0 aliphatic carbocycles. The number of benzene rings is 2. The van der Waals surface area contributed by atoms with Crippen molar-refractivity contribution >= 4 is 6.08 Å². The normalized spacial score (nSPS) is 12.4. The van der Waals surface area contributed by atoms with Crippen molar-refractivity contribution in [3.63, 3.8) is 0 Å². The van der Waals surface area contributed by atoms with Crippen LogP contribution in [0.15, 0.2) is 66.9 Å². The molecular weight excluding hydrogens is 353 g/mol. The average Bonchev–Trinajstić information content (AvgIpc) is 2.68. The van der Waals surface area contributed by atoms with Crippen LogP contribution in [0.5, 0.6) is 5.75 Å². The van der Waals surface area contributed by atoms with E-state index in [4.69, 9.17) is 0 Å². The van der Waals surface area contributed by atoms with Gasteiger partial charge in [-0.3, -0.25) is 4.98 Å². The summed E-state index contributed by atoms with van der Waals surface area (Å²) in [4.78, 5) is 4.40. The topological polar surface area (TPSA) is 53.4 Å². The molecule has 0 bridgehead atoms. The number of aliphatic hydroxyl groups excluding tert-OH is 1. The molecule has 1 atom stereocenters. The molecule has 1 unspecified atom stereocenters. The van der Waals surface area contributed by atoms with Gasteiger partial charge in [0, 0.05) is 17.3 Å². The SMILES string of the molecule is CC(O)CCCC=Cc1ccc(-c2ccc(-c3ccc(O)cc3)cn2)c(F)c1. The lowest BCUT2D eigenvalue weighted by Crippen LogP contribution is -1.97. The number of rotatable bonds is 7. The second kappa shape index (κ2) is 9.29. The van der Waals surface area contributed by atoms with Crippen molar-refractivity contribution in [2.75, 3.05) is 0 Å². The van der Waals surface area contributed by atoms with E-state index in [1.165, 1.54) is 6.07 Å². The van der Waals surface area contributed by atoms with Crippen molar-refractivity contribution in [2.45, 2.75) is 32.3 Å². The van der Waals surface area contributed by atoms with Gasteiger partial charge in [-0.1, -0.05) is 36.4 Å². The Morgan fingerprint density at radius 1 is 1.04 bits per heavy atom. The van der Waals surface area contributed by atoms with Crippen LogP contribution in [0, 0.1) is 5.82 Å². The maximum absolute atomic E-state index is 14.6. The van der Waals surface area contributed by atoms with Crippen LogP contribution < -0.4 is 0 Å². The molecule has 0 saturated heterocycles. The summed E-state index contributed by atoms with van der Waals surface area (Å²) in [7, 11) is 0. The van der Waals surface area contributed by atoms with Gasteiger partial charge >= 0.3 is 0 Å². The molecule has 4 heteroatoms. The van der Waals surface area contributed by atoms with E-state index in [-0.39, 0.29) is 17.7 Å². The number of hydrogen-bond acceptors (Lipinski definition) is 3. The highest BCUT2D eigenvalue weighted by molar-refractivity contribution is 5.68. The standard InChI is InChI=1S/C24H24FNO2/c1-17(27)5-3-2-4-6-18-7-13-22(23(25)15-18)24-14-10-20(16-26-24)19-8-11-21(28)12-9-19/h4,6-17,27-28H,2-3,5H2,1H3. The highest BCUT2D eigenvalue weighted by Crippen LogP contribution is 2.26. The molecule has 0 aliphatic heterocycles. The van der Waals surface area contributed by atoms with Gasteiger partial charge < -0.3 is 10.2 Å². The number of unbranched alkanes of at least 4 members (excludes halogenated alkanes) is 1. The van der Waals surface area contributed by atoms with Crippen molar-refractivity contribution < 1.29 is 14.6 Å². The molecule has 3 nitrogen and oxygen atoms in total. The molecule has 3 rings (SSSR count). The fourth-order valence-electron chi connectivity index (χ4n) is 2.97. The Morgan fingerprint density at radius 2 is 1.79 bits per heavy atom. The van der Waals surface area contributed by atoms with Gasteiger partial charge in [0.2, 0.25) is 0 Å². The quantitative estimate of drug-likeness (QED) is 0.510. The predicted octanol–water partition coefficient (Wildman–Crippen LogP) is 5.82. The smallest absolute Gasteiger partial charge is 0.133 e. The molecule has 28 heavy (non-hydrogen) atoms. The first-order valence-electron chi connectivity index (χ1n) is 9.43. The summed E-state index contributed by atoms with van der Waals surface area (Å²) < 4.78 is 14.6. The van der Waals surface area contributed by atoms with Crippen LogP contribution in [0.3, 0.4) is 0 Å². The number of aromatic hydroxyl groups is 1. The van der Waals surface area contributed by atoms with Gasteiger partial charge in [-0.15, -0.1) is 0 Å². The van der Waals surface area contributed by atoms with Gasteiger partial charge in [-0.2, -0.15) is 0 Å². The third-order valence-corrected chi connectivity index (χ3v) is 4.54. The van der Waals surface area contributed by atoms with E-state index in [0.717, 1.165) is 36.0 Å². The van der Waals surface area contributed by atoms with E-state index in [1.807, 2.05) is 36.4 Å². The molecule has 0 fully saturated rings. The minimum atomic E-state index is -0.309. The molecule has 2 aromatic carbocycles. The van der Waals surface area contributed by atoms with E-state index in [9.17, 15) is 14.6 Å². The lowest BCUT2D eigenvalue weighted by molar-refractivity contribution is 0.182. The van der Waals surface area contributed by atoms with Crippen molar-refractivity contribution in [1.29, 1.82) is 0 Å². The Morgan fingerprint density at radius 3 is 2.43 bits per heavy atom. The number of phenolic OH excluding ortho intramolecular Hbond substituents is 1. The first-order valence-corrected chi connectivity index (χ1v) is 9.43. The third-order valence-electron chi connectivity index (χ3n) is 4.54. The van der Waals surface area contributed by atoms with Crippen LogP contribution in [0.25, 0.3) is 28.5 Å². The summed E-state index contributed by atoms with van der Waals surface area (Å²) in [5.74, 6) is -0.0940. The Labute approximate surface area is 164 Å². The highest BCUT2D eigenvalue weighted by atomic mass is 19.1. The number of pyridine rings is 1. The van der Waals surface area contributed by atoms with Crippen molar-refractivity contribution in [3.05, 3.63) is 78.3 Å². The van der Waals surface area contributed by atoms with Gasteiger partial charge in [-0.05, 0) is 67.6 Å². The van der Waals surface area contributed by atoms with Crippen molar-refractivity contribution in [1.82, 2.24) is 4.98 Å². The second-order valence-corrected chi connectivity index (χ2v) is 6.90. The van der Waals surface area contributed by atoms with Crippen LogP contribution in [-0.4, -0.2) is 21.3 Å². The number of halogens is 1. The maximum Gasteiger partial charge on any atom is 0.133 e. The zero-order chi connectivity index (χ0) is 19.9. The number of phenols is 1. The molecule has 2 N–H and O–H groups in total. The van der Waals surface area contributed by atoms with Crippen molar-refractivity contribution in [2.24, 2.45) is 0 Å². The van der Waals surface area contributed by atoms with Crippen molar-refractivity contribution in [3.8, 4) is 28.1 Å². The molecule has 1 heterocycles. The Kier molecular flexibility index (Phi) is 6.56. The average molecular weight is 377 g/mol. The Bertz CT molecular complexity index is 932. The van der Waals surface area contributed by atoms with Gasteiger partial charge in [0.15, 0.2) is 0 Å². The van der Waals surface area contributed by atoms with E-state index in [0.29, 0.717) is 11.3 Å². The summed E-state index contributed by atoms with van der Waals surface area (Å²) in [5.41, 5.74) is 3.68. The van der Waals surface area contributed by atoms with E-state index in [1.54, 1.807) is 37.4 Å². The van der Waals surface area contributed by atoms with E-state index in [2.05, 4.69) is 4.98 Å². The van der Waals surface area contributed by atoms with Crippen LogP contribution in [0.1, 0.15) is 31.7 Å². The Balaban J connectivity index is 1.70. The predicted molar refractivity (Wildman–Crippen MR) is 111 cm³/mol. The van der Waals surface area contributed by atoms with Gasteiger partial charge in [0.05, 0.1) is 11.8 Å². The van der Waals surface area contributed by atoms with E-state index >= 15 is 0 Å². The highest BCUT2D eigenvalue weighted by Gasteiger charge is 2.08. The molecule has 0 radical (unpaired) electrons. The molecule has 144 valence electrons. The molecule has 0 spiro atoms. The van der Waals surface area contributed by atoms with Gasteiger partial charge in [0.25, 0.3) is 0 Å². The monoisotopic (exact) mass is 377 g/mol. The van der Waals surface area contributed by atoms with Crippen LogP contribution in [0.2, 0.25) is 0 Å². The second-order valence-electron chi connectivity index (χ2n) is 6.90. The zero-order valence-corrected chi connectivity index (χ0v) is 15.8. The lowest BCUT2D eigenvalue weighted by Gasteiger charge is -2.06. The number of aliphatic hydroxyl groups is 1. The fourth-order valence-corrected chi connectivity index (χ4v) is 2.97. The van der Waals surface area contributed by atoms with E-state index < -0.39 is 0 Å². The molecule has 0 aliphatic rings. The maximum atomic E-state index is 14.6. The molecule has 0 saturated carbocycles. The number of hydrogen-bond donors (Lipinski definition) is 2. The lowest BCUT2D eigenvalue weighted by atomic mass is 10.0. The first-order chi connectivity index (χ1) is 13.5. The minimum absolute atomic E-state index is 0.215. The van der Waals surface area contributed by atoms with Gasteiger partial charge in [-0.25, -0.2) is 4.39 Å². The summed E-state index contributed by atoms with van der Waals surface area (Å²) in [6.07, 6.45) is 7.86. The number of nitrogens with zero attached hydrogens (tertiary/aromatic N) is 1. The van der Waals surface area contributed by atoms with Crippen LogP contribution in [-0.2, 0) is 0 Å². The first kappa shape index (κ1) is 19.8. The summed E-state index contributed by atoms with van der Waals surface area (Å²) in [6.45, 7) is 1.78. The molecule has 1 aromatic heterocycles.